The molecule has 0 spiro atoms. The number of carbonyl (C=O) groups is 1. The van der Waals surface area contributed by atoms with Crippen molar-refractivity contribution in [3.63, 3.8) is 0 Å². The Morgan fingerprint density at radius 1 is 1.36 bits per heavy atom. The monoisotopic (exact) mass is 206 g/mol. The van der Waals surface area contributed by atoms with Crippen LogP contribution in [0.5, 0.6) is 0 Å². The van der Waals surface area contributed by atoms with Gasteiger partial charge in [0.1, 0.15) is 11.5 Å². The van der Waals surface area contributed by atoms with E-state index in [-0.39, 0.29) is 5.84 Å². The zero-order valence-electron chi connectivity index (χ0n) is 7.56. The third-order valence-corrected chi connectivity index (χ3v) is 1.64. The van der Waals surface area contributed by atoms with Crippen LogP contribution in [0.3, 0.4) is 0 Å². The number of hydrogen-bond acceptors (Lipinski definition) is 2. The first-order valence-corrected chi connectivity index (χ1v) is 4.18. The van der Waals surface area contributed by atoms with Crippen molar-refractivity contribution in [1.29, 1.82) is 0 Å². The van der Waals surface area contributed by atoms with Crippen LogP contribution in [0.2, 0.25) is 0 Å². The maximum atomic E-state index is 12.2. The van der Waals surface area contributed by atoms with E-state index in [0.717, 1.165) is 0 Å². The molecule has 3 nitrogen and oxygen atoms in total. The molecular formula is C8H9F3N2O. The molecule has 14 heavy (non-hydrogen) atoms. The molecule has 1 aliphatic rings. The number of nitrogens with zero attached hydrogens (tertiary/aromatic N) is 2. The lowest BCUT2D eigenvalue weighted by Gasteiger charge is -2.13. The van der Waals surface area contributed by atoms with E-state index < -0.39 is 24.2 Å². The van der Waals surface area contributed by atoms with E-state index in [0.29, 0.717) is 12.8 Å². The van der Waals surface area contributed by atoms with E-state index in [2.05, 4.69) is 9.98 Å². The number of alkyl halides is 3. The van der Waals surface area contributed by atoms with Crippen LogP contribution in [0, 0.1) is 0 Å². The molecule has 0 aromatic rings. The summed E-state index contributed by atoms with van der Waals surface area (Å²) in [6, 6.07) is 0. The van der Waals surface area contributed by atoms with Crippen LogP contribution in [0.25, 0.3) is 0 Å². The molecular weight excluding hydrogens is 197 g/mol. The van der Waals surface area contributed by atoms with E-state index in [1.54, 1.807) is 6.92 Å². The number of carbonyl (C=O) groups excluding carboxylic acids is 1. The smallest absolute Gasteiger partial charge is 0.272 e. The number of amides is 1. The Morgan fingerprint density at radius 3 is 2.50 bits per heavy atom. The van der Waals surface area contributed by atoms with E-state index in [1.165, 1.54) is 0 Å². The van der Waals surface area contributed by atoms with Crippen molar-refractivity contribution in [3.05, 3.63) is 0 Å². The van der Waals surface area contributed by atoms with Gasteiger partial charge in [-0.05, 0) is 6.42 Å². The van der Waals surface area contributed by atoms with Gasteiger partial charge >= 0.3 is 6.18 Å². The minimum absolute atomic E-state index is 0.0175. The number of hydrogen-bond donors (Lipinski definition) is 0. The Bertz CT molecular complexity index is 304. The molecule has 1 amide bonds. The molecule has 6 heteroatoms. The fraction of sp³-hybridized carbons (Fsp3) is 0.625. The quantitative estimate of drug-likeness (QED) is 0.682. The largest absolute Gasteiger partial charge is 0.430 e. The minimum atomic E-state index is -4.52. The highest BCUT2D eigenvalue weighted by atomic mass is 19.4. The average Bonchev–Trinajstić information content (AvgIpc) is 2.02. The maximum absolute atomic E-state index is 12.2. The van der Waals surface area contributed by atoms with E-state index in [4.69, 9.17) is 0 Å². The van der Waals surface area contributed by atoms with Crippen LogP contribution in [0.1, 0.15) is 26.2 Å². The fourth-order valence-electron chi connectivity index (χ4n) is 1.05. The standard InChI is InChI=1S/C8H9F3N2O/c1-2-3-6-12-5(8(9,10)11)4-7(14)13-6/h2-4H2,1H3. The molecule has 0 saturated heterocycles. The van der Waals surface area contributed by atoms with Crippen molar-refractivity contribution in [2.24, 2.45) is 9.98 Å². The molecule has 0 fully saturated rings. The lowest BCUT2D eigenvalue weighted by Crippen LogP contribution is -2.29. The summed E-state index contributed by atoms with van der Waals surface area (Å²) in [6.45, 7) is 1.78. The van der Waals surface area contributed by atoms with Crippen LogP contribution in [0.4, 0.5) is 13.2 Å². The summed E-state index contributed by atoms with van der Waals surface area (Å²) in [5.41, 5.74) is -1.04. The topological polar surface area (TPSA) is 41.8 Å². The van der Waals surface area contributed by atoms with Gasteiger partial charge in [0.05, 0.1) is 6.42 Å². The molecule has 78 valence electrons. The van der Waals surface area contributed by atoms with Gasteiger partial charge in [0.25, 0.3) is 5.91 Å². The molecule has 0 aromatic carbocycles. The van der Waals surface area contributed by atoms with Crippen LogP contribution in [-0.2, 0) is 4.79 Å². The Labute approximate surface area is 78.7 Å². The molecule has 0 N–H and O–H groups in total. The van der Waals surface area contributed by atoms with Crippen molar-refractivity contribution in [2.75, 3.05) is 0 Å². The van der Waals surface area contributed by atoms with Crippen LogP contribution >= 0.6 is 0 Å². The molecule has 0 aliphatic carbocycles. The summed E-state index contributed by atoms with van der Waals surface area (Å²) in [4.78, 5) is 17.6. The highest BCUT2D eigenvalue weighted by molar-refractivity contribution is 6.15. The minimum Gasteiger partial charge on any atom is -0.272 e. The molecule has 1 heterocycles. The Hall–Kier alpha value is -1.20. The fourth-order valence-corrected chi connectivity index (χ4v) is 1.05. The van der Waals surface area contributed by atoms with Crippen LogP contribution < -0.4 is 0 Å². The number of halogens is 3. The first-order valence-electron chi connectivity index (χ1n) is 4.18. The van der Waals surface area contributed by atoms with Gasteiger partial charge in [-0.25, -0.2) is 4.99 Å². The lowest BCUT2D eigenvalue weighted by atomic mass is 10.2. The average molecular weight is 206 g/mol. The van der Waals surface area contributed by atoms with E-state index >= 15 is 0 Å². The maximum Gasteiger partial charge on any atom is 0.430 e. The molecule has 1 rings (SSSR count). The summed E-state index contributed by atoms with van der Waals surface area (Å²) in [7, 11) is 0. The van der Waals surface area contributed by atoms with Gasteiger partial charge in [0, 0.05) is 6.42 Å². The molecule has 0 radical (unpaired) electrons. The predicted molar refractivity (Wildman–Crippen MR) is 45.5 cm³/mol. The van der Waals surface area contributed by atoms with Crippen molar-refractivity contribution < 1.29 is 18.0 Å². The van der Waals surface area contributed by atoms with E-state index in [1.807, 2.05) is 0 Å². The van der Waals surface area contributed by atoms with Crippen molar-refractivity contribution in [1.82, 2.24) is 0 Å². The highest BCUT2D eigenvalue weighted by Gasteiger charge is 2.38. The zero-order chi connectivity index (χ0) is 10.8. The molecule has 0 saturated carbocycles. The van der Waals surface area contributed by atoms with Crippen LogP contribution in [0.15, 0.2) is 9.98 Å². The second kappa shape index (κ2) is 3.89. The van der Waals surface area contributed by atoms with Crippen molar-refractivity contribution in [2.45, 2.75) is 32.4 Å². The SMILES string of the molecule is CCCC1=NC(=O)CC(C(F)(F)F)=N1. The molecule has 0 unspecified atom stereocenters. The summed E-state index contributed by atoms with van der Waals surface area (Å²) in [6.07, 6.45) is -4.35. The molecule has 0 atom stereocenters. The normalized spacial score (nSPS) is 17.9. The van der Waals surface area contributed by atoms with Gasteiger partial charge in [-0.15, -0.1) is 0 Å². The first-order chi connectivity index (χ1) is 6.43. The van der Waals surface area contributed by atoms with Crippen LogP contribution in [-0.4, -0.2) is 23.6 Å². The third kappa shape index (κ3) is 2.65. The predicted octanol–water partition coefficient (Wildman–Crippen LogP) is 2.12. The second-order valence-corrected chi connectivity index (χ2v) is 2.90. The highest BCUT2D eigenvalue weighted by Crippen LogP contribution is 2.22. The van der Waals surface area contributed by atoms with Gasteiger partial charge in [-0.1, -0.05) is 6.92 Å². The molecule has 1 aliphatic heterocycles. The molecule has 0 aromatic heterocycles. The first kappa shape index (κ1) is 10.9. The van der Waals surface area contributed by atoms with Crippen molar-refractivity contribution in [3.8, 4) is 0 Å². The Balaban J connectivity index is 2.89. The summed E-state index contributed by atoms with van der Waals surface area (Å²) >= 11 is 0. The van der Waals surface area contributed by atoms with Crippen molar-refractivity contribution >= 4 is 17.5 Å². The number of rotatable bonds is 2. The van der Waals surface area contributed by atoms with Gasteiger partial charge in [0.2, 0.25) is 0 Å². The number of amidine groups is 1. The van der Waals surface area contributed by atoms with E-state index in [9.17, 15) is 18.0 Å². The van der Waals surface area contributed by atoms with Gasteiger partial charge in [-0.3, -0.25) is 4.79 Å². The second-order valence-electron chi connectivity index (χ2n) is 2.90. The Morgan fingerprint density at radius 2 is 2.00 bits per heavy atom. The van der Waals surface area contributed by atoms with Gasteiger partial charge in [-0.2, -0.15) is 18.2 Å². The molecule has 0 bridgehead atoms. The van der Waals surface area contributed by atoms with Gasteiger partial charge < -0.3 is 0 Å². The van der Waals surface area contributed by atoms with Gasteiger partial charge in [0.15, 0.2) is 0 Å². The summed E-state index contributed by atoms with van der Waals surface area (Å²) in [5, 5.41) is 0. The Kier molecular flexibility index (Phi) is 3.03. The summed E-state index contributed by atoms with van der Waals surface area (Å²) in [5.74, 6) is -0.785. The summed E-state index contributed by atoms with van der Waals surface area (Å²) < 4.78 is 36.6. The third-order valence-electron chi connectivity index (χ3n) is 1.64. The number of aliphatic imine (C=N–C) groups is 2. The lowest BCUT2D eigenvalue weighted by molar-refractivity contribution is -0.118. The zero-order valence-corrected chi connectivity index (χ0v) is 7.56.